The highest BCUT2D eigenvalue weighted by atomic mass is 35.5. The number of carbonyl (C=O) groups is 1. The van der Waals surface area contributed by atoms with E-state index in [4.69, 9.17) is 16.0 Å². The molecule has 1 amide bonds. The smallest absolute Gasteiger partial charge is 0.261 e. The topological polar surface area (TPSA) is 55.1 Å². The molecule has 0 bridgehead atoms. The van der Waals surface area contributed by atoms with E-state index in [-0.39, 0.29) is 0 Å². The van der Waals surface area contributed by atoms with Crippen LogP contribution in [-0.4, -0.2) is 10.9 Å². The molecule has 0 radical (unpaired) electrons. The van der Waals surface area contributed by atoms with E-state index < -0.39 is 23.1 Å². The van der Waals surface area contributed by atoms with Gasteiger partial charge >= 0.3 is 0 Å². The summed E-state index contributed by atoms with van der Waals surface area (Å²) in [7, 11) is 0. The summed E-state index contributed by atoms with van der Waals surface area (Å²) in [5.41, 5.74) is 2.27. The van der Waals surface area contributed by atoms with Crippen molar-refractivity contribution in [1.82, 2.24) is 4.98 Å². The molecule has 3 aromatic rings. The third-order valence-electron chi connectivity index (χ3n) is 3.79. The van der Waals surface area contributed by atoms with E-state index in [1.807, 2.05) is 0 Å². The highest BCUT2D eigenvalue weighted by Gasteiger charge is 2.18. The highest BCUT2D eigenvalue weighted by Crippen LogP contribution is 2.32. The lowest BCUT2D eigenvalue weighted by Gasteiger charge is -2.09. The van der Waals surface area contributed by atoms with Crippen molar-refractivity contribution in [3.63, 3.8) is 0 Å². The molecule has 0 aliphatic rings. The fraction of sp³-hybridized carbons (Fsp3) is 0. The van der Waals surface area contributed by atoms with Crippen molar-refractivity contribution in [2.24, 2.45) is 0 Å². The zero-order valence-corrected chi connectivity index (χ0v) is 14.7. The third-order valence-corrected chi connectivity index (χ3v) is 4.10. The van der Waals surface area contributed by atoms with Gasteiger partial charge in [-0.1, -0.05) is 36.9 Å². The molecule has 0 fully saturated rings. The normalized spacial score (nSPS) is 11.8. The Morgan fingerprint density at radius 3 is 2.56 bits per heavy atom. The second kappa shape index (κ2) is 7.55. The fourth-order valence-corrected chi connectivity index (χ4v) is 2.75. The zero-order valence-electron chi connectivity index (χ0n) is 13.9. The fourth-order valence-electron chi connectivity index (χ4n) is 2.49. The van der Waals surface area contributed by atoms with E-state index >= 15 is 0 Å². The maximum atomic E-state index is 13.6. The van der Waals surface area contributed by atoms with Gasteiger partial charge < -0.3 is 9.73 Å². The molecule has 27 heavy (non-hydrogen) atoms. The molecule has 1 heterocycles. The van der Waals surface area contributed by atoms with Crippen LogP contribution in [0.15, 0.2) is 83.7 Å². The van der Waals surface area contributed by atoms with Gasteiger partial charge in [0.1, 0.15) is 22.7 Å². The number of hydrogen-bond acceptors (Lipinski definition) is 3. The molecule has 0 spiro atoms. The second-order valence-corrected chi connectivity index (χ2v) is 5.92. The summed E-state index contributed by atoms with van der Waals surface area (Å²) in [6.45, 7) is 6.15. The van der Waals surface area contributed by atoms with E-state index in [1.165, 1.54) is 6.39 Å². The summed E-state index contributed by atoms with van der Waals surface area (Å²) in [5, 5.41) is 2.89. The molecule has 1 N–H and O–H groups in total. The Morgan fingerprint density at radius 1 is 1.22 bits per heavy atom. The lowest BCUT2D eigenvalue weighted by molar-refractivity contribution is -0.112. The highest BCUT2D eigenvalue weighted by molar-refractivity contribution is 6.34. The van der Waals surface area contributed by atoms with Crippen LogP contribution in [0.25, 0.3) is 22.2 Å². The third kappa shape index (κ3) is 3.80. The number of nitrogens with zero attached hydrogens (tertiary/aromatic N) is 1. The molecule has 3 rings (SSSR count). The van der Waals surface area contributed by atoms with Crippen LogP contribution in [0, 0.1) is 0 Å². The Morgan fingerprint density at radius 2 is 1.93 bits per heavy atom. The largest absolute Gasteiger partial charge is 0.443 e. The maximum absolute atomic E-state index is 13.6. The molecule has 0 saturated carbocycles. The van der Waals surface area contributed by atoms with Crippen LogP contribution in [0.5, 0.6) is 0 Å². The quantitative estimate of drug-likeness (QED) is 0.433. The Balaban J connectivity index is 1.86. The Labute approximate surface area is 158 Å². The standard InChI is InChI=1S/C20H13ClF2N2O2/c1-3-16(23)19(11(2)22)20(26)25-13-6-4-12(5-7-13)14-8-17-18(9-15(14)21)27-10-24-17/h3-10H,1-2H2,(H,25,26)/b19-16-. The summed E-state index contributed by atoms with van der Waals surface area (Å²) in [5.74, 6) is -3.24. The van der Waals surface area contributed by atoms with Gasteiger partial charge in [-0.05, 0) is 29.8 Å². The lowest BCUT2D eigenvalue weighted by atomic mass is 10.0. The van der Waals surface area contributed by atoms with Gasteiger partial charge in [-0.2, -0.15) is 0 Å². The average molecular weight is 387 g/mol. The van der Waals surface area contributed by atoms with Gasteiger partial charge in [-0.25, -0.2) is 13.8 Å². The summed E-state index contributed by atoms with van der Waals surface area (Å²) in [6.07, 6.45) is 2.07. The van der Waals surface area contributed by atoms with E-state index in [0.717, 1.165) is 17.2 Å². The van der Waals surface area contributed by atoms with Crippen LogP contribution in [0.2, 0.25) is 5.02 Å². The molecule has 0 aliphatic heterocycles. The number of amides is 1. The molecule has 0 unspecified atom stereocenters. The predicted octanol–water partition coefficient (Wildman–Crippen LogP) is 5.98. The number of anilines is 1. The molecular formula is C20H13ClF2N2O2. The van der Waals surface area contributed by atoms with Gasteiger partial charge in [-0.15, -0.1) is 0 Å². The van der Waals surface area contributed by atoms with Crippen molar-refractivity contribution in [2.45, 2.75) is 0 Å². The van der Waals surface area contributed by atoms with Crippen molar-refractivity contribution in [2.75, 3.05) is 5.32 Å². The van der Waals surface area contributed by atoms with Gasteiger partial charge in [0.25, 0.3) is 5.91 Å². The van der Waals surface area contributed by atoms with E-state index in [2.05, 4.69) is 23.5 Å². The van der Waals surface area contributed by atoms with Crippen molar-refractivity contribution < 1.29 is 18.0 Å². The summed E-state index contributed by atoms with van der Waals surface area (Å²) < 4.78 is 32.2. The first-order valence-corrected chi connectivity index (χ1v) is 8.10. The van der Waals surface area contributed by atoms with Gasteiger partial charge in [0.05, 0.1) is 5.02 Å². The van der Waals surface area contributed by atoms with Crippen molar-refractivity contribution in [3.05, 3.63) is 84.3 Å². The van der Waals surface area contributed by atoms with Crippen LogP contribution in [-0.2, 0) is 4.79 Å². The predicted molar refractivity (Wildman–Crippen MR) is 102 cm³/mol. The molecule has 2 aromatic carbocycles. The van der Waals surface area contributed by atoms with Gasteiger partial charge in [0.15, 0.2) is 12.0 Å². The number of nitrogens with one attached hydrogen (secondary N) is 1. The number of aromatic nitrogens is 1. The maximum Gasteiger partial charge on any atom is 0.261 e. The monoisotopic (exact) mass is 386 g/mol. The number of hydrogen-bond donors (Lipinski definition) is 1. The van der Waals surface area contributed by atoms with Crippen LogP contribution in [0.1, 0.15) is 0 Å². The van der Waals surface area contributed by atoms with Crippen LogP contribution in [0.4, 0.5) is 14.5 Å². The van der Waals surface area contributed by atoms with Crippen molar-refractivity contribution in [1.29, 1.82) is 0 Å². The molecule has 136 valence electrons. The number of benzene rings is 2. The molecular weight excluding hydrogens is 374 g/mol. The van der Waals surface area contributed by atoms with Gasteiger partial charge in [-0.3, -0.25) is 4.79 Å². The van der Waals surface area contributed by atoms with Crippen LogP contribution in [0.3, 0.4) is 0 Å². The number of halogens is 3. The summed E-state index contributed by atoms with van der Waals surface area (Å²) in [6, 6.07) is 10.0. The van der Waals surface area contributed by atoms with Gasteiger partial charge in [0.2, 0.25) is 0 Å². The molecule has 4 nitrogen and oxygen atoms in total. The minimum Gasteiger partial charge on any atom is -0.443 e. The number of carbonyl (C=O) groups excluding carboxylic acids is 1. The summed E-state index contributed by atoms with van der Waals surface area (Å²) >= 11 is 6.28. The first-order valence-electron chi connectivity index (χ1n) is 7.72. The second-order valence-electron chi connectivity index (χ2n) is 5.52. The number of rotatable bonds is 5. The molecule has 1 aromatic heterocycles. The number of allylic oxidation sites excluding steroid dienone is 2. The van der Waals surface area contributed by atoms with E-state index in [0.29, 0.717) is 21.8 Å². The Bertz CT molecular complexity index is 1090. The minimum absolute atomic E-state index is 0.345. The summed E-state index contributed by atoms with van der Waals surface area (Å²) in [4.78, 5) is 16.2. The Hall–Kier alpha value is -3.25. The van der Waals surface area contributed by atoms with Gasteiger partial charge in [0, 0.05) is 17.3 Å². The Kier molecular flexibility index (Phi) is 5.19. The first kappa shape index (κ1) is 18.5. The van der Waals surface area contributed by atoms with Crippen LogP contribution < -0.4 is 5.32 Å². The number of oxazole rings is 1. The molecule has 0 aliphatic carbocycles. The molecule has 0 atom stereocenters. The minimum atomic E-state index is -1.19. The van der Waals surface area contributed by atoms with Crippen LogP contribution >= 0.6 is 11.6 Å². The van der Waals surface area contributed by atoms with Crippen molar-refractivity contribution in [3.8, 4) is 11.1 Å². The lowest BCUT2D eigenvalue weighted by Crippen LogP contribution is -2.15. The zero-order chi connectivity index (χ0) is 19.6. The SMILES string of the molecule is C=C/C(F)=C(\C(=C)F)C(=O)Nc1ccc(-c2cc3ncoc3cc2Cl)cc1. The average Bonchev–Trinajstić information content (AvgIpc) is 3.08. The van der Waals surface area contributed by atoms with Crippen molar-refractivity contribution >= 4 is 34.3 Å². The molecule has 0 saturated heterocycles. The number of fused-ring (bicyclic) bond motifs is 1. The van der Waals surface area contributed by atoms with E-state index in [1.54, 1.807) is 36.4 Å². The molecule has 7 heteroatoms. The first-order chi connectivity index (χ1) is 12.9. The van der Waals surface area contributed by atoms with E-state index in [9.17, 15) is 13.6 Å².